The molecular weight excluding hydrogens is 310 g/mol. The summed E-state index contributed by atoms with van der Waals surface area (Å²) in [6.45, 7) is 2.78. The van der Waals surface area contributed by atoms with E-state index in [-0.39, 0.29) is 5.28 Å². The van der Waals surface area contributed by atoms with Crippen molar-refractivity contribution < 1.29 is 0 Å². The van der Waals surface area contributed by atoms with Crippen LogP contribution in [0, 0.1) is 0 Å². The monoisotopic (exact) mass is 321 g/mol. The van der Waals surface area contributed by atoms with Gasteiger partial charge >= 0.3 is 0 Å². The number of aryl methyl sites for hydroxylation is 1. The molecule has 0 amide bonds. The van der Waals surface area contributed by atoms with Gasteiger partial charge < -0.3 is 5.32 Å². The van der Waals surface area contributed by atoms with Crippen LogP contribution in [0.2, 0.25) is 5.28 Å². The normalized spacial score (nSPS) is 10.8. The number of hydrogen-bond donors (Lipinski definition) is 1. The van der Waals surface area contributed by atoms with E-state index in [0.29, 0.717) is 18.4 Å². The lowest BCUT2D eigenvalue weighted by Crippen LogP contribution is -2.09. The molecule has 0 aliphatic heterocycles. The second kappa shape index (κ2) is 6.15. The minimum absolute atomic E-state index is 0.110. The summed E-state index contributed by atoms with van der Waals surface area (Å²) in [5.41, 5.74) is 0. The topological polar surface area (TPSA) is 81.4 Å². The van der Waals surface area contributed by atoms with Crippen LogP contribution in [0.4, 0.5) is 5.95 Å². The number of thiophene rings is 1. The zero-order chi connectivity index (χ0) is 14.7. The van der Waals surface area contributed by atoms with Gasteiger partial charge in [0, 0.05) is 9.75 Å². The Morgan fingerprint density at radius 1 is 1.24 bits per heavy atom. The fourth-order valence-electron chi connectivity index (χ4n) is 1.71. The number of nitrogens with zero attached hydrogens (tertiary/aromatic N) is 6. The van der Waals surface area contributed by atoms with Crippen LogP contribution in [0.3, 0.4) is 0 Å². The van der Waals surface area contributed by atoms with Crippen LogP contribution in [0.15, 0.2) is 24.8 Å². The van der Waals surface area contributed by atoms with Crippen molar-refractivity contribution in [2.24, 2.45) is 0 Å². The first-order valence-electron chi connectivity index (χ1n) is 6.32. The van der Waals surface area contributed by atoms with Crippen LogP contribution >= 0.6 is 22.9 Å². The highest BCUT2D eigenvalue weighted by Gasteiger charge is 2.08. The summed E-state index contributed by atoms with van der Waals surface area (Å²) in [5.74, 6) is 0.738. The number of rotatable bonds is 5. The lowest BCUT2D eigenvalue weighted by atomic mass is 10.4. The van der Waals surface area contributed by atoms with Crippen molar-refractivity contribution in [1.29, 1.82) is 0 Å². The fraction of sp³-hybridized carbons (Fsp3) is 0.250. The fourth-order valence-corrected chi connectivity index (χ4v) is 2.76. The largest absolute Gasteiger partial charge is 0.349 e. The van der Waals surface area contributed by atoms with E-state index in [1.807, 2.05) is 0 Å². The first kappa shape index (κ1) is 13.9. The third-order valence-corrected chi connectivity index (χ3v) is 4.11. The van der Waals surface area contributed by atoms with E-state index in [1.54, 1.807) is 11.3 Å². The average Bonchev–Trinajstić information content (AvgIpc) is 3.16. The molecule has 3 aromatic heterocycles. The molecule has 0 radical (unpaired) electrons. The minimum Gasteiger partial charge on any atom is -0.349 e. The number of hydrogen-bond acceptors (Lipinski definition) is 7. The van der Waals surface area contributed by atoms with E-state index in [4.69, 9.17) is 11.6 Å². The molecule has 0 aliphatic rings. The SMILES string of the molecule is CCc1ccc(CNc2nc(Cl)nc(-n3cncn3)n2)s1. The van der Waals surface area contributed by atoms with Crippen molar-refractivity contribution in [2.45, 2.75) is 19.9 Å². The molecule has 0 spiro atoms. The summed E-state index contributed by atoms with van der Waals surface area (Å²) >= 11 is 7.68. The Morgan fingerprint density at radius 3 is 2.81 bits per heavy atom. The Kier molecular flexibility index (Phi) is 4.07. The first-order valence-corrected chi connectivity index (χ1v) is 7.52. The van der Waals surface area contributed by atoms with Crippen LogP contribution in [0.5, 0.6) is 0 Å². The first-order chi connectivity index (χ1) is 10.2. The molecule has 3 rings (SSSR count). The quantitative estimate of drug-likeness (QED) is 0.776. The Bertz CT molecular complexity index is 725. The highest BCUT2D eigenvalue weighted by Crippen LogP contribution is 2.18. The van der Waals surface area contributed by atoms with Gasteiger partial charge in [0.2, 0.25) is 11.2 Å². The summed E-state index contributed by atoms with van der Waals surface area (Å²) in [7, 11) is 0. The van der Waals surface area contributed by atoms with E-state index in [0.717, 1.165) is 6.42 Å². The van der Waals surface area contributed by atoms with Crippen LogP contribution in [0.25, 0.3) is 5.95 Å². The van der Waals surface area contributed by atoms with Gasteiger partial charge in [0.05, 0.1) is 6.54 Å². The van der Waals surface area contributed by atoms with Crippen LogP contribution < -0.4 is 5.32 Å². The van der Waals surface area contributed by atoms with Gasteiger partial charge in [0.15, 0.2) is 0 Å². The lowest BCUT2D eigenvalue weighted by Gasteiger charge is -2.05. The molecule has 3 heterocycles. The van der Waals surface area contributed by atoms with E-state index in [9.17, 15) is 0 Å². The molecule has 108 valence electrons. The van der Waals surface area contributed by atoms with Gasteiger partial charge in [-0.2, -0.15) is 24.7 Å². The molecule has 1 N–H and O–H groups in total. The second-order valence-electron chi connectivity index (χ2n) is 4.14. The standard InChI is InChI=1S/C12H12ClN7S/c1-2-8-3-4-9(21-8)5-15-11-17-10(13)18-12(19-11)20-7-14-6-16-20/h3-4,6-7H,2,5H2,1H3,(H,15,17,18,19). The molecule has 0 bridgehead atoms. The average molecular weight is 322 g/mol. The molecule has 0 atom stereocenters. The highest BCUT2D eigenvalue weighted by atomic mass is 35.5. The van der Waals surface area contributed by atoms with Gasteiger partial charge in [-0.1, -0.05) is 6.92 Å². The molecule has 0 aromatic carbocycles. The second-order valence-corrected chi connectivity index (χ2v) is 5.73. The number of halogens is 1. The lowest BCUT2D eigenvalue weighted by molar-refractivity contribution is 0.793. The maximum atomic E-state index is 5.91. The number of aromatic nitrogens is 6. The van der Waals surface area contributed by atoms with Gasteiger partial charge in [0.1, 0.15) is 12.7 Å². The molecule has 9 heteroatoms. The maximum Gasteiger partial charge on any atom is 0.258 e. The predicted molar refractivity (Wildman–Crippen MR) is 80.8 cm³/mol. The van der Waals surface area contributed by atoms with E-state index >= 15 is 0 Å². The van der Waals surface area contributed by atoms with E-state index < -0.39 is 0 Å². The van der Waals surface area contributed by atoms with Crippen molar-refractivity contribution in [3.8, 4) is 5.95 Å². The Labute approximate surface area is 130 Å². The van der Waals surface area contributed by atoms with E-state index in [2.05, 4.69) is 49.4 Å². The molecule has 0 saturated carbocycles. The van der Waals surface area contributed by atoms with Crippen LogP contribution in [0.1, 0.15) is 16.7 Å². The van der Waals surface area contributed by atoms with Gasteiger partial charge in [-0.05, 0) is 30.2 Å². The molecule has 0 aliphatic carbocycles. The predicted octanol–water partition coefficient (Wildman–Crippen LogP) is 2.34. The Balaban J connectivity index is 1.76. The zero-order valence-electron chi connectivity index (χ0n) is 11.2. The zero-order valence-corrected chi connectivity index (χ0v) is 12.8. The van der Waals surface area contributed by atoms with Gasteiger partial charge in [-0.25, -0.2) is 4.98 Å². The van der Waals surface area contributed by atoms with Crippen molar-refractivity contribution in [3.63, 3.8) is 0 Å². The van der Waals surface area contributed by atoms with Gasteiger partial charge in [-0.15, -0.1) is 11.3 Å². The molecule has 7 nitrogen and oxygen atoms in total. The molecule has 0 unspecified atom stereocenters. The summed E-state index contributed by atoms with van der Waals surface area (Å²) in [4.78, 5) is 18.8. The van der Waals surface area contributed by atoms with Gasteiger partial charge in [-0.3, -0.25) is 0 Å². The Morgan fingerprint density at radius 2 is 2.10 bits per heavy atom. The maximum absolute atomic E-state index is 5.91. The van der Waals surface area contributed by atoms with Crippen molar-refractivity contribution >= 4 is 28.9 Å². The van der Waals surface area contributed by atoms with E-state index in [1.165, 1.54) is 27.1 Å². The highest BCUT2D eigenvalue weighted by molar-refractivity contribution is 7.12. The van der Waals surface area contributed by atoms with Crippen molar-refractivity contribution in [2.75, 3.05) is 5.32 Å². The third-order valence-electron chi connectivity index (χ3n) is 2.71. The van der Waals surface area contributed by atoms with Crippen molar-refractivity contribution in [3.05, 3.63) is 39.8 Å². The summed E-state index contributed by atoms with van der Waals surface area (Å²) in [6.07, 6.45) is 3.95. The van der Waals surface area contributed by atoms with Crippen LogP contribution in [-0.2, 0) is 13.0 Å². The smallest absolute Gasteiger partial charge is 0.258 e. The summed E-state index contributed by atoms with van der Waals surface area (Å²) in [6, 6.07) is 4.22. The number of nitrogens with one attached hydrogen (secondary N) is 1. The third kappa shape index (κ3) is 3.34. The van der Waals surface area contributed by atoms with Gasteiger partial charge in [0.25, 0.3) is 5.95 Å². The summed E-state index contributed by atoms with van der Waals surface area (Å²) < 4.78 is 1.43. The van der Waals surface area contributed by atoms with Crippen LogP contribution in [-0.4, -0.2) is 29.7 Å². The molecule has 3 aromatic rings. The molecule has 0 fully saturated rings. The van der Waals surface area contributed by atoms with Crippen molar-refractivity contribution in [1.82, 2.24) is 29.7 Å². The number of anilines is 1. The molecule has 21 heavy (non-hydrogen) atoms. The Hall–Kier alpha value is -2.06. The molecular formula is C12H12ClN7S. The minimum atomic E-state index is 0.110. The molecule has 0 saturated heterocycles. The summed E-state index contributed by atoms with van der Waals surface area (Å²) in [5, 5.41) is 7.22.